The third kappa shape index (κ3) is 3.80. The van der Waals surface area contributed by atoms with Gasteiger partial charge in [-0.2, -0.15) is 0 Å². The lowest BCUT2D eigenvalue weighted by atomic mass is 10.1. The molecule has 0 saturated carbocycles. The first-order valence-corrected chi connectivity index (χ1v) is 8.45. The smallest absolute Gasteiger partial charge is 0.335 e. The zero-order chi connectivity index (χ0) is 18.0. The molecule has 2 aromatic carbocycles. The number of amides is 1. The van der Waals surface area contributed by atoms with E-state index in [1.165, 1.54) is 23.9 Å². The number of thioether (sulfide) groups is 1. The van der Waals surface area contributed by atoms with E-state index in [9.17, 15) is 9.59 Å². The first kappa shape index (κ1) is 17.0. The quantitative estimate of drug-likeness (QED) is 0.821. The second-order valence-electron chi connectivity index (χ2n) is 5.63. The monoisotopic (exact) mass is 352 g/mol. The SMILES string of the molecule is Cc1cccc(N=C2NC(=O)/C(=C\c3ccc(C(=O)O)cc3)S2)c1C. The second-order valence-corrected chi connectivity index (χ2v) is 6.66. The van der Waals surface area contributed by atoms with Crippen LogP contribution >= 0.6 is 11.8 Å². The van der Waals surface area contributed by atoms with E-state index in [0.29, 0.717) is 10.1 Å². The number of carbonyl (C=O) groups is 2. The van der Waals surface area contributed by atoms with Crippen molar-refractivity contribution in [2.45, 2.75) is 13.8 Å². The van der Waals surface area contributed by atoms with Gasteiger partial charge in [0.05, 0.1) is 16.2 Å². The number of carboxylic acid groups (broad SMARTS) is 1. The highest BCUT2D eigenvalue weighted by Gasteiger charge is 2.24. The van der Waals surface area contributed by atoms with Crippen LogP contribution in [-0.2, 0) is 4.79 Å². The number of hydrogen-bond acceptors (Lipinski definition) is 4. The number of nitrogens with zero attached hydrogens (tertiary/aromatic N) is 1. The summed E-state index contributed by atoms with van der Waals surface area (Å²) in [5.41, 5.74) is 4.02. The van der Waals surface area contributed by atoms with Crippen molar-refractivity contribution in [3.63, 3.8) is 0 Å². The standard InChI is InChI=1S/C19H16N2O3S/c1-11-4-3-5-15(12(11)2)20-19-21-17(22)16(25-19)10-13-6-8-14(9-7-13)18(23)24/h3-10H,1-2H3,(H,23,24)(H,20,21,22)/b16-10+. The van der Waals surface area contributed by atoms with Crippen LogP contribution in [0.1, 0.15) is 27.0 Å². The summed E-state index contributed by atoms with van der Waals surface area (Å²) in [6.07, 6.45) is 1.72. The van der Waals surface area contributed by atoms with Gasteiger partial charge in [-0.3, -0.25) is 4.79 Å². The van der Waals surface area contributed by atoms with Crippen LogP contribution in [0.2, 0.25) is 0 Å². The predicted molar refractivity (Wildman–Crippen MR) is 100 cm³/mol. The molecule has 5 nitrogen and oxygen atoms in total. The van der Waals surface area contributed by atoms with E-state index in [1.54, 1.807) is 18.2 Å². The minimum absolute atomic E-state index is 0.211. The van der Waals surface area contributed by atoms with E-state index < -0.39 is 5.97 Å². The van der Waals surface area contributed by atoms with Gasteiger partial charge >= 0.3 is 5.97 Å². The summed E-state index contributed by atoms with van der Waals surface area (Å²) < 4.78 is 0. The van der Waals surface area contributed by atoms with Crippen molar-refractivity contribution in [2.75, 3.05) is 0 Å². The van der Waals surface area contributed by atoms with Crippen molar-refractivity contribution < 1.29 is 14.7 Å². The van der Waals surface area contributed by atoms with Crippen molar-refractivity contribution in [3.05, 3.63) is 69.6 Å². The number of nitrogens with one attached hydrogen (secondary N) is 1. The maximum Gasteiger partial charge on any atom is 0.335 e. The molecule has 1 aliphatic rings. The average Bonchev–Trinajstić information content (AvgIpc) is 2.92. The molecule has 0 radical (unpaired) electrons. The molecule has 0 spiro atoms. The number of aryl methyl sites for hydroxylation is 1. The maximum absolute atomic E-state index is 12.1. The molecule has 0 unspecified atom stereocenters. The Kier molecular flexibility index (Phi) is 4.72. The summed E-state index contributed by atoms with van der Waals surface area (Å²) in [5, 5.41) is 12.2. The number of benzene rings is 2. The molecular weight excluding hydrogens is 336 g/mol. The third-order valence-corrected chi connectivity index (χ3v) is 4.81. The van der Waals surface area contributed by atoms with Crippen LogP contribution in [0.25, 0.3) is 6.08 Å². The Hall–Kier alpha value is -2.86. The first-order chi connectivity index (χ1) is 11.9. The summed E-state index contributed by atoms with van der Waals surface area (Å²) in [6.45, 7) is 4.02. The van der Waals surface area contributed by atoms with Gasteiger partial charge in [-0.15, -0.1) is 0 Å². The topological polar surface area (TPSA) is 78.8 Å². The molecule has 1 saturated heterocycles. The molecule has 2 aromatic rings. The molecule has 126 valence electrons. The Morgan fingerprint density at radius 2 is 1.88 bits per heavy atom. The van der Waals surface area contributed by atoms with Gasteiger partial charge in [0, 0.05) is 0 Å². The number of carbonyl (C=O) groups excluding carboxylic acids is 1. The van der Waals surface area contributed by atoms with Crippen LogP contribution in [0.5, 0.6) is 0 Å². The van der Waals surface area contributed by atoms with Gasteiger partial charge in [0.25, 0.3) is 5.91 Å². The first-order valence-electron chi connectivity index (χ1n) is 7.63. The zero-order valence-electron chi connectivity index (χ0n) is 13.7. The molecule has 0 aliphatic carbocycles. The molecule has 1 fully saturated rings. The molecule has 1 aliphatic heterocycles. The number of aromatic carboxylic acids is 1. The van der Waals surface area contributed by atoms with Crippen molar-refractivity contribution >= 4 is 40.6 Å². The van der Waals surface area contributed by atoms with Gasteiger partial charge in [-0.1, -0.05) is 24.3 Å². The van der Waals surface area contributed by atoms with Crippen LogP contribution in [0.15, 0.2) is 52.4 Å². The highest BCUT2D eigenvalue weighted by molar-refractivity contribution is 8.18. The molecule has 0 bridgehead atoms. The van der Waals surface area contributed by atoms with Gasteiger partial charge in [0.1, 0.15) is 0 Å². The van der Waals surface area contributed by atoms with Gasteiger partial charge in [0.2, 0.25) is 0 Å². The Labute approximate surface area is 149 Å². The third-order valence-electron chi connectivity index (χ3n) is 3.90. The van der Waals surface area contributed by atoms with Crippen molar-refractivity contribution in [3.8, 4) is 0 Å². The van der Waals surface area contributed by atoms with Gasteiger partial charge in [0.15, 0.2) is 5.17 Å². The lowest BCUT2D eigenvalue weighted by Crippen LogP contribution is -2.19. The fourth-order valence-electron chi connectivity index (χ4n) is 2.32. The van der Waals surface area contributed by atoms with Crippen LogP contribution in [0.4, 0.5) is 5.69 Å². The number of rotatable bonds is 3. The Morgan fingerprint density at radius 1 is 1.16 bits per heavy atom. The molecule has 1 amide bonds. The number of aliphatic imine (C=N–C) groups is 1. The lowest BCUT2D eigenvalue weighted by molar-refractivity contribution is -0.115. The molecular formula is C19H16N2O3S. The van der Waals surface area contributed by atoms with Crippen LogP contribution in [-0.4, -0.2) is 22.2 Å². The molecule has 1 heterocycles. The predicted octanol–water partition coefficient (Wildman–Crippen LogP) is 3.89. The van der Waals surface area contributed by atoms with Crippen molar-refractivity contribution in [1.29, 1.82) is 0 Å². The highest BCUT2D eigenvalue weighted by Crippen LogP contribution is 2.29. The van der Waals surface area contributed by atoms with E-state index in [2.05, 4.69) is 10.3 Å². The van der Waals surface area contributed by atoms with E-state index >= 15 is 0 Å². The highest BCUT2D eigenvalue weighted by atomic mass is 32.2. The minimum atomic E-state index is -0.977. The fraction of sp³-hybridized carbons (Fsp3) is 0.105. The van der Waals surface area contributed by atoms with Crippen molar-refractivity contribution in [2.24, 2.45) is 4.99 Å². The molecule has 25 heavy (non-hydrogen) atoms. The lowest BCUT2D eigenvalue weighted by Gasteiger charge is -2.04. The number of amidine groups is 1. The van der Waals surface area contributed by atoms with Crippen LogP contribution in [0, 0.1) is 13.8 Å². The summed E-state index contributed by atoms with van der Waals surface area (Å²) in [4.78, 5) is 28.1. The van der Waals surface area contributed by atoms with Gasteiger partial charge < -0.3 is 10.4 Å². The Morgan fingerprint density at radius 3 is 2.56 bits per heavy atom. The van der Waals surface area contributed by atoms with E-state index in [4.69, 9.17) is 5.11 Å². The number of hydrogen-bond donors (Lipinski definition) is 2. The Balaban J connectivity index is 1.83. The van der Waals surface area contributed by atoms with Crippen LogP contribution in [0.3, 0.4) is 0 Å². The molecule has 0 aromatic heterocycles. The van der Waals surface area contributed by atoms with E-state index in [-0.39, 0.29) is 11.5 Å². The summed E-state index contributed by atoms with van der Waals surface area (Å²) in [7, 11) is 0. The fourth-order valence-corrected chi connectivity index (χ4v) is 3.15. The summed E-state index contributed by atoms with van der Waals surface area (Å²) in [6, 6.07) is 12.2. The summed E-state index contributed by atoms with van der Waals surface area (Å²) >= 11 is 1.27. The second kappa shape index (κ2) is 6.94. The van der Waals surface area contributed by atoms with E-state index in [1.807, 2.05) is 32.0 Å². The largest absolute Gasteiger partial charge is 0.478 e. The van der Waals surface area contributed by atoms with Gasteiger partial charge in [-0.05, 0) is 66.6 Å². The van der Waals surface area contributed by atoms with Crippen molar-refractivity contribution in [1.82, 2.24) is 5.32 Å². The van der Waals surface area contributed by atoms with E-state index in [0.717, 1.165) is 22.4 Å². The normalized spacial score (nSPS) is 17.1. The summed E-state index contributed by atoms with van der Waals surface area (Å²) in [5.74, 6) is -1.19. The molecule has 2 N–H and O–H groups in total. The molecule has 0 atom stereocenters. The molecule has 6 heteroatoms. The minimum Gasteiger partial charge on any atom is -0.478 e. The molecule has 3 rings (SSSR count). The number of carboxylic acids is 1. The van der Waals surface area contributed by atoms with Gasteiger partial charge in [-0.25, -0.2) is 9.79 Å². The van der Waals surface area contributed by atoms with Crippen LogP contribution < -0.4 is 5.32 Å². The maximum atomic E-state index is 12.1. The zero-order valence-corrected chi connectivity index (χ0v) is 14.6. The average molecular weight is 352 g/mol. The Bertz CT molecular complexity index is 915.